The lowest BCUT2D eigenvalue weighted by Gasteiger charge is -2.09. The molecule has 0 aromatic heterocycles. The van der Waals surface area contributed by atoms with Crippen LogP contribution in [0.5, 0.6) is 5.75 Å². The number of carbonyl (C=O) groups excluding carboxylic acids is 1. The van der Waals surface area contributed by atoms with Gasteiger partial charge in [-0.1, -0.05) is 0 Å². The Morgan fingerprint density at radius 2 is 2.16 bits per heavy atom. The van der Waals surface area contributed by atoms with E-state index in [0.29, 0.717) is 13.2 Å². The van der Waals surface area contributed by atoms with Gasteiger partial charge in [-0.2, -0.15) is 0 Å². The minimum atomic E-state index is -1.09. The highest BCUT2D eigenvalue weighted by Crippen LogP contribution is 2.22. The van der Waals surface area contributed by atoms with Crippen LogP contribution in [0.25, 0.3) is 0 Å². The Hall–Kier alpha value is -2.28. The van der Waals surface area contributed by atoms with Gasteiger partial charge in [-0.25, -0.2) is 4.79 Å². The molecule has 7 nitrogen and oxygen atoms in total. The first-order valence-corrected chi connectivity index (χ1v) is 5.56. The van der Waals surface area contributed by atoms with E-state index in [-0.39, 0.29) is 29.5 Å². The summed E-state index contributed by atoms with van der Waals surface area (Å²) >= 11 is 0. The molecule has 4 N–H and O–H groups in total. The van der Waals surface area contributed by atoms with Crippen molar-refractivity contribution in [2.24, 2.45) is 0 Å². The molecule has 0 unspecified atom stereocenters. The summed E-state index contributed by atoms with van der Waals surface area (Å²) in [5, 5.41) is 11.4. The van der Waals surface area contributed by atoms with Crippen LogP contribution < -0.4 is 15.8 Å². The summed E-state index contributed by atoms with van der Waals surface area (Å²) in [6.45, 7) is 0.544. The zero-order valence-electron chi connectivity index (χ0n) is 10.5. The first-order chi connectivity index (χ1) is 9.04. The Morgan fingerprint density at radius 3 is 2.79 bits per heavy atom. The van der Waals surface area contributed by atoms with Gasteiger partial charge in [0.2, 0.25) is 0 Å². The van der Waals surface area contributed by atoms with Crippen LogP contribution in [0.3, 0.4) is 0 Å². The number of benzene rings is 1. The molecule has 0 aliphatic carbocycles. The van der Waals surface area contributed by atoms with Crippen LogP contribution in [-0.4, -0.2) is 43.9 Å². The van der Waals surface area contributed by atoms with E-state index in [4.69, 9.17) is 20.3 Å². The van der Waals surface area contributed by atoms with Gasteiger partial charge in [0.05, 0.1) is 17.9 Å². The van der Waals surface area contributed by atoms with Crippen LogP contribution in [0.15, 0.2) is 18.2 Å². The van der Waals surface area contributed by atoms with Crippen molar-refractivity contribution in [3.63, 3.8) is 0 Å². The molecule has 19 heavy (non-hydrogen) atoms. The Kier molecular flexibility index (Phi) is 5.62. The summed E-state index contributed by atoms with van der Waals surface area (Å²) in [5.74, 6) is -1.26. The molecule has 0 radical (unpaired) electrons. The van der Waals surface area contributed by atoms with E-state index in [1.165, 1.54) is 25.3 Å². The fourth-order valence-electron chi connectivity index (χ4n) is 1.28. The molecule has 1 rings (SSSR count). The highest BCUT2D eigenvalue weighted by atomic mass is 16.5. The maximum Gasteiger partial charge on any atom is 0.335 e. The fraction of sp³-hybridized carbons (Fsp3) is 0.333. The molecule has 0 aliphatic heterocycles. The van der Waals surface area contributed by atoms with Gasteiger partial charge in [-0.3, -0.25) is 4.79 Å². The van der Waals surface area contributed by atoms with E-state index in [9.17, 15) is 9.59 Å². The number of nitrogens with one attached hydrogen (secondary N) is 1. The van der Waals surface area contributed by atoms with E-state index in [2.05, 4.69) is 5.32 Å². The molecule has 0 atom stereocenters. The number of ether oxygens (including phenoxy) is 2. The topological polar surface area (TPSA) is 111 Å². The average Bonchev–Trinajstić information content (AvgIpc) is 2.37. The monoisotopic (exact) mass is 268 g/mol. The van der Waals surface area contributed by atoms with Gasteiger partial charge >= 0.3 is 5.97 Å². The van der Waals surface area contributed by atoms with E-state index < -0.39 is 5.97 Å². The Bertz CT molecular complexity index is 461. The summed E-state index contributed by atoms with van der Waals surface area (Å²) < 4.78 is 9.95. The van der Waals surface area contributed by atoms with Crippen molar-refractivity contribution in [1.29, 1.82) is 0 Å². The van der Waals surface area contributed by atoms with Gasteiger partial charge in [0.1, 0.15) is 5.75 Å². The molecule has 0 aliphatic rings. The number of aromatic carboxylic acids is 1. The number of amides is 1. The number of carboxylic acid groups (broad SMARTS) is 1. The first-order valence-electron chi connectivity index (χ1n) is 5.56. The quantitative estimate of drug-likeness (QED) is 0.478. The zero-order chi connectivity index (χ0) is 14.3. The van der Waals surface area contributed by atoms with Crippen LogP contribution in [-0.2, 0) is 9.53 Å². The maximum atomic E-state index is 11.4. The highest BCUT2D eigenvalue weighted by Gasteiger charge is 2.09. The predicted octanol–water partition coefficient (Wildman–Crippen LogP) is 0.108. The fourth-order valence-corrected chi connectivity index (χ4v) is 1.28. The maximum absolute atomic E-state index is 11.4. The molecule has 1 amide bonds. The second-order valence-electron chi connectivity index (χ2n) is 3.69. The van der Waals surface area contributed by atoms with Gasteiger partial charge < -0.3 is 25.6 Å². The summed E-state index contributed by atoms with van der Waals surface area (Å²) in [6, 6.07) is 4.06. The molecular weight excluding hydrogens is 252 g/mol. The van der Waals surface area contributed by atoms with Crippen molar-refractivity contribution in [2.75, 3.05) is 32.6 Å². The summed E-state index contributed by atoms with van der Waals surface area (Å²) in [6.07, 6.45) is 0. The molecule has 0 spiro atoms. The lowest BCUT2D eigenvalue weighted by atomic mass is 10.2. The third-order valence-corrected chi connectivity index (χ3v) is 2.25. The molecule has 0 saturated heterocycles. The molecule has 0 fully saturated rings. The summed E-state index contributed by atoms with van der Waals surface area (Å²) in [4.78, 5) is 22.2. The molecule has 0 heterocycles. The van der Waals surface area contributed by atoms with Gasteiger partial charge in [0.15, 0.2) is 6.61 Å². The number of carboxylic acids is 1. The standard InChI is InChI=1S/C12H16N2O5/c1-18-5-4-14-11(15)7-19-10-6-8(12(16)17)2-3-9(10)13/h2-3,6H,4-5,7,13H2,1H3,(H,14,15)(H,16,17). The van der Waals surface area contributed by atoms with E-state index >= 15 is 0 Å². The van der Waals surface area contributed by atoms with Crippen LogP contribution in [0, 0.1) is 0 Å². The largest absolute Gasteiger partial charge is 0.482 e. The zero-order valence-corrected chi connectivity index (χ0v) is 10.5. The van der Waals surface area contributed by atoms with Gasteiger partial charge in [0, 0.05) is 13.7 Å². The highest BCUT2D eigenvalue weighted by molar-refractivity contribution is 5.89. The van der Waals surface area contributed by atoms with E-state index in [1.807, 2.05) is 0 Å². The molecular formula is C12H16N2O5. The number of methoxy groups -OCH3 is 1. The van der Waals surface area contributed by atoms with Crippen molar-refractivity contribution >= 4 is 17.6 Å². The number of hydrogen-bond donors (Lipinski definition) is 3. The minimum Gasteiger partial charge on any atom is -0.482 e. The lowest BCUT2D eigenvalue weighted by molar-refractivity contribution is -0.123. The Morgan fingerprint density at radius 1 is 1.42 bits per heavy atom. The SMILES string of the molecule is COCCNC(=O)COc1cc(C(=O)O)ccc1N. The number of carbonyl (C=O) groups is 2. The second kappa shape index (κ2) is 7.22. The third kappa shape index (κ3) is 4.84. The van der Waals surface area contributed by atoms with Crippen LogP contribution in [0.1, 0.15) is 10.4 Å². The molecule has 0 saturated carbocycles. The smallest absolute Gasteiger partial charge is 0.335 e. The van der Waals surface area contributed by atoms with Crippen LogP contribution in [0.4, 0.5) is 5.69 Å². The number of nitrogens with two attached hydrogens (primary N) is 1. The van der Waals surface area contributed by atoms with Crippen LogP contribution >= 0.6 is 0 Å². The van der Waals surface area contributed by atoms with Crippen molar-refractivity contribution in [3.05, 3.63) is 23.8 Å². The average molecular weight is 268 g/mol. The van der Waals surface area contributed by atoms with Crippen molar-refractivity contribution in [2.45, 2.75) is 0 Å². The van der Waals surface area contributed by atoms with E-state index in [1.54, 1.807) is 0 Å². The van der Waals surface area contributed by atoms with Gasteiger partial charge in [-0.05, 0) is 18.2 Å². The van der Waals surface area contributed by atoms with Crippen molar-refractivity contribution in [1.82, 2.24) is 5.32 Å². The molecule has 1 aromatic rings. The Labute approximate surface area is 110 Å². The first kappa shape index (κ1) is 14.8. The number of hydrogen-bond acceptors (Lipinski definition) is 5. The molecule has 0 bridgehead atoms. The molecule has 1 aromatic carbocycles. The van der Waals surface area contributed by atoms with Gasteiger partial charge in [-0.15, -0.1) is 0 Å². The van der Waals surface area contributed by atoms with Crippen LogP contribution in [0.2, 0.25) is 0 Å². The second-order valence-corrected chi connectivity index (χ2v) is 3.69. The van der Waals surface area contributed by atoms with Gasteiger partial charge in [0.25, 0.3) is 5.91 Å². The summed E-state index contributed by atoms with van der Waals surface area (Å²) in [7, 11) is 1.53. The molecule has 104 valence electrons. The van der Waals surface area contributed by atoms with Crippen molar-refractivity contribution < 1.29 is 24.2 Å². The number of rotatable bonds is 7. The normalized spacial score (nSPS) is 9.95. The minimum absolute atomic E-state index is 0.0454. The number of nitrogen functional groups attached to an aromatic ring is 1. The lowest BCUT2D eigenvalue weighted by Crippen LogP contribution is -2.31. The van der Waals surface area contributed by atoms with Crippen molar-refractivity contribution in [3.8, 4) is 5.75 Å². The molecule has 7 heteroatoms. The predicted molar refractivity (Wildman–Crippen MR) is 68.2 cm³/mol. The summed E-state index contributed by atoms with van der Waals surface area (Å²) in [5.41, 5.74) is 5.95. The van der Waals surface area contributed by atoms with E-state index in [0.717, 1.165) is 0 Å². The third-order valence-electron chi connectivity index (χ3n) is 2.25. The Balaban J connectivity index is 2.54. The number of anilines is 1.